The summed E-state index contributed by atoms with van der Waals surface area (Å²) < 4.78 is 0. The smallest absolute Gasteiger partial charge is 0.104 e. The van der Waals surface area contributed by atoms with Crippen LogP contribution >= 0.6 is 21.6 Å². The van der Waals surface area contributed by atoms with Crippen LogP contribution in [0.1, 0.15) is 0 Å². The zero-order valence-corrected chi connectivity index (χ0v) is 5.15. The lowest BCUT2D eigenvalue weighted by Gasteiger charge is -1.85. The van der Waals surface area contributed by atoms with Gasteiger partial charge in [0.25, 0.3) is 0 Å². The topological polar surface area (TPSA) is 27.6 Å². The first-order valence-electron chi connectivity index (χ1n) is 1.97. The highest BCUT2D eigenvalue weighted by molar-refractivity contribution is 8.77. The Hall–Kier alpha value is 0.660. The third-order valence-corrected chi connectivity index (χ3v) is 3.39. The molecule has 0 spiro atoms. The summed E-state index contributed by atoms with van der Waals surface area (Å²) in [6.45, 7) is 0. The van der Waals surface area contributed by atoms with Gasteiger partial charge < -0.3 is 5.73 Å². The van der Waals surface area contributed by atoms with Crippen molar-refractivity contribution in [2.75, 3.05) is 11.5 Å². The minimum atomic E-state index is 0.722. The molecule has 1 fully saturated rings. The van der Waals surface area contributed by atoms with Gasteiger partial charge in [-0.25, -0.2) is 0 Å². The molecule has 1 saturated heterocycles. The molecule has 0 aromatic heterocycles. The van der Waals surface area contributed by atoms with Crippen molar-refractivity contribution in [3.8, 4) is 0 Å². The SMILES string of the molecule is [NH3+]C1CSSC1. The number of quaternary nitrogens is 1. The van der Waals surface area contributed by atoms with Gasteiger partial charge in [-0.3, -0.25) is 0 Å². The molecule has 0 aromatic rings. The highest BCUT2D eigenvalue weighted by Crippen LogP contribution is 2.28. The van der Waals surface area contributed by atoms with Crippen LogP contribution in [0, 0.1) is 0 Å². The Kier molecular flexibility index (Phi) is 1.68. The Balaban J connectivity index is 2.18. The van der Waals surface area contributed by atoms with E-state index in [-0.39, 0.29) is 0 Å². The molecule has 0 radical (unpaired) electrons. The van der Waals surface area contributed by atoms with Gasteiger partial charge >= 0.3 is 0 Å². The highest BCUT2D eigenvalue weighted by atomic mass is 33.1. The third-order valence-electron chi connectivity index (χ3n) is 0.691. The van der Waals surface area contributed by atoms with Gasteiger partial charge in [0.15, 0.2) is 0 Å². The van der Waals surface area contributed by atoms with Crippen molar-refractivity contribution >= 4 is 21.6 Å². The van der Waals surface area contributed by atoms with Crippen LogP contribution in [-0.2, 0) is 0 Å². The largest absolute Gasteiger partial charge is 0.354 e. The molecule has 1 aliphatic rings. The first-order valence-corrected chi connectivity index (χ1v) is 4.46. The van der Waals surface area contributed by atoms with Crippen LogP contribution in [0.15, 0.2) is 0 Å². The molecule has 0 amide bonds. The molecule has 3 heteroatoms. The average Bonchev–Trinajstić information content (AvgIpc) is 1.86. The van der Waals surface area contributed by atoms with Gasteiger partial charge in [-0.15, -0.1) is 0 Å². The van der Waals surface area contributed by atoms with E-state index in [4.69, 9.17) is 0 Å². The summed E-state index contributed by atoms with van der Waals surface area (Å²) in [6, 6.07) is 0.722. The van der Waals surface area contributed by atoms with E-state index >= 15 is 0 Å². The fraction of sp³-hybridized carbons (Fsp3) is 1.00. The van der Waals surface area contributed by atoms with Gasteiger partial charge in [-0.1, -0.05) is 21.6 Å². The van der Waals surface area contributed by atoms with Crippen molar-refractivity contribution in [3.05, 3.63) is 0 Å². The summed E-state index contributed by atoms with van der Waals surface area (Å²) in [7, 11) is 3.87. The van der Waals surface area contributed by atoms with E-state index in [1.54, 1.807) is 0 Å². The highest BCUT2D eigenvalue weighted by Gasteiger charge is 2.12. The molecular weight excluding hydrogens is 114 g/mol. The van der Waals surface area contributed by atoms with Crippen molar-refractivity contribution in [2.45, 2.75) is 6.04 Å². The first-order chi connectivity index (χ1) is 2.89. The first kappa shape index (κ1) is 4.81. The number of hydrogen-bond acceptors (Lipinski definition) is 2. The molecule has 1 nitrogen and oxygen atoms in total. The zero-order valence-electron chi connectivity index (χ0n) is 3.52. The Morgan fingerprint density at radius 2 is 1.83 bits per heavy atom. The van der Waals surface area contributed by atoms with E-state index in [0.29, 0.717) is 0 Å². The van der Waals surface area contributed by atoms with E-state index in [9.17, 15) is 0 Å². The fourth-order valence-corrected chi connectivity index (χ4v) is 3.03. The van der Waals surface area contributed by atoms with E-state index in [2.05, 4.69) is 5.73 Å². The summed E-state index contributed by atoms with van der Waals surface area (Å²) in [4.78, 5) is 0. The second kappa shape index (κ2) is 2.09. The lowest BCUT2D eigenvalue weighted by molar-refractivity contribution is -0.403. The van der Waals surface area contributed by atoms with Crippen molar-refractivity contribution < 1.29 is 5.73 Å². The van der Waals surface area contributed by atoms with Crippen LogP contribution < -0.4 is 5.73 Å². The minimum absolute atomic E-state index is 0.722. The van der Waals surface area contributed by atoms with Crippen LogP contribution in [0.4, 0.5) is 0 Å². The molecule has 0 saturated carbocycles. The molecule has 1 heterocycles. The molecule has 0 aliphatic carbocycles. The molecule has 0 atom stereocenters. The van der Waals surface area contributed by atoms with E-state index in [1.165, 1.54) is 11.5 Å². The normalized spacial score (nSPS) is 25.5. The molecule has 0 aromatic carbocycles. The zero-order chi connectivity index (χ0) is 4.41. The lowest BCUT2D eigenvalue weighted by atomic mass is 10.4. The van der Waals surface area contributed by atoms with Crippen molar-refractivity contribution in [1.82, 2.24) is 0 Å². The molecule has 1 rings (SSSR count). The third kappa shape index (κ3) is 1.06. The quantitative estimate of drug-likeness (QED) is 0.458. The molecule has 0 bridgehead atoms. The Bertz CT molecular complexity index is 42.1. The molecule has 0 unspecified atom stereocenters. The second-order valence-electron chi connectivity index (χ2n) is 1.44. The predicted octanol–water partition coefficient (Wildman–Crippen LogP) is -0.00810. The van der Waals surface area contributed by atoms with Crippen molar-refractivity contribution in [3.63, 3.8) is 0 Å². The Morgan fingerprint density at radius 1 is 1.33 bits per heavy atom. The molecule has 36 valence electrons. The maximum atomic E-state index is 3.90. The lowest BCUT2D eigenvalue weighted by Crippen LogP contribution is -2.62. The summed E-state index contributed by atoms with van der Waals surface area (Å²) in [5.41, 5.74) is 3.90. The van der Waals surface area contributed by atoms with Crippen LogP contribution in [0.5, 0.6) is 0 Å². The predicted molar refractivity (Wildman–Crippen MR) is 31.6 cm³/mol. The van der Waals surface area contributed by atoms with Gasteiger partial charge in [0.05, 0.1) is 11.5 Å². The van der Waals surface area contributed by atoms with Gasteiger partial charge in [-0.05, 0) is 0 Å². The molecular formula is C3H8NS2+. The van der Waals surface area contributed by atoms with Crippen LogP contribution in [-0.4, -0.2) is 17.5 Å². The Labute approximate surface area is 45.4 Å². The van der Waals surface area contributed by atoms with Crippen LogP contribution in [0.25, 0.3) is 0 Å². The maximum Gasteiger partial charge on any atom is 0.104 e. The van der Waals surface area contributed by atoms with Crippen molar-refractivity contribution in [2.24, 2.45) is 0 Å². The average molecular weight is 122 g/mol. The maximum absolute atomic E-state index is 3.90. The molecule has 1 aliphatic heterocycles. The number of hydrogen-bond donors (Lipinski definition) is 1. The Morgan fingerprint density at radius 3 is 2.00 bits per heavy atom. The molecule has 3 N–H and O–H groups in total. The van der Waals surface area contributed by atoms with Gasteiger partial charge in [0.2, 0.25) is 0 Å². The summed E-state index contributed by atoms with van der Waals surface area (Å²) in [5, 5.41) is 0. The standard InChI is InChI=1S/C3H7NS2/c4-3-1-5-6-2-3/h3H,1-2,4H2/p+1. The van der Waals surface area contributed by atoms with Gasteiger partial charge in [-0.2, -0.15) is 0 Å². The van der Waals surface area contributed by atoms with Gasteiger partial charge in [0.1, 0.15) is 6.04 Å². The van der Waals surface area contributed by atoms with E-state index in [1.807, 2.05) is 21.6 Å². The minimum Gasteiger partial charge on any atom is -0.354 e. The summed E-state index contributed by atoms with van der Waals surface area (Å²) >= 11 is 0. The van der Waals surface area contributed by atoms with E-state index in [0.717, 1.165) is 6.04 Å². The second-order valence-corrected chi connectivity index (χ2v) is 3.99. The van der Waals surface area contributed by atoms with Crippen LogP contribution in [0.2, 0.25) is 0 Å². The van der Waals surface area contributed by atoms with Crippen molar-refractivity contribution in [1.29, 1.82) is 0 Å². The number of rotatable bonds is 0. The fourth-order valence-electron chi connectivity index (χ4n) is 0.337. The monoisotopic (exact) mass is 122 g/mol. The summed E-state index contributed by atoms with van der Waals surface area (Å²) in [6.07, 6.45) is 0. The van der Waals surface area contributed by atoms with Crippen LogP contribution in [0.3, 0.4) is 0 Å². The summed E-state index contributed by atoms with van der Waals surface area (Å²) in [5.74, 6) is 2.51. The van der Waals surface area contributed by atoms with E-state index < -0.39 is 0 Å². The molecule has 6 heavy (non-hydrogen) atoms. The van der Waals surface area contributed by atoms with Gasteiger partial charge in [0, 0.05) is 0 Å².